The van der Waals surface area contributed by atoms with Crippen molar-refractivity contribution in [2.24, 2.45) is 0 Å². The number of pyridine rings is 1. The Balaban J connectivity index is 1.33. The quantitative estimate of drug-likeness (QED) is 0.210. The molecule has 3 nitrogen and oxygen atoms in total. The average molecular weight is 568 g/mol. The Bertz CT molecular complexity index is 1940. The molecule has 0 aliphatic heterocycles. The highest BCUT2D eigenvalue weighted by Crippen LogP contribution is 2.43. The monoisotopic (exact) mass is 567 g/mol. The number of aromatic hydroxyl groups is 2. The van der Waals surface area contributed by atoms with Crippen molar-refractivity contribution in [3.05, 3.63) is 164 Å². The highest BCUT2D eigenvalue weighted by atomic mass is 16.3. The zero-order valence-corrected chi connectivity index (χ0v) is 23.9. The summed E-state index contributed by atoms with van der Waals surface area (Å²) in [6.07, 6.45) is 0. The van der Waals surface area contributed by atoms with E-state index in [0.29, 0.717) is 0 Å². The van der Waals surface area contributed by atoms with Crippen LogP contribution in [0.1, 0.15) is 0 Å². The summed E-state index contributed by atoms with van der Waals surface area (Å²) in [4.78, 5) is 5.14. The summed E-state index contributed by atoms with van der Waals surface area (Å²) in [5.74, 6) is 0.475. The van der Waals surface area contributed by atoms with E-state index >= 15 is 0 Å². The maximum Gasteiger partial charge on any atom is 0.131 e. The van der Waals surface area contributed by atoms with Crippen molar-refractivity contribution in [2.75, 3.05) is 0 Å². The minimum atomic E-state index is 0.237. The molecule has 0 fully saturated rings. The van der Waals surface area contributed by atoms with Gasteiger partial charge in [0.1, 0.15) is 11.5 Å². The molecule has 0 radical (unpaired) electrons. The Kier molecular flexibility index (Phi) is 7.19. The number of nitrogens with zero attached hydrogens (tertiary/aromatic N) is 1. The van der Waals surface area contributed by atoms with Gasteiger partial charge in [-0.15, -0.1) is 0 Å². The molecular formula is C41H29NO2. The molecule has 0 aliphatic carbocycles. The topological polar surface area (TPSA) is 53.4 Å². The van der Waals surface area contributed by atoms with Crippen molar-refractivity contribution in [1.82, 2.24) is 4.98 Å². The third kappa shape index (κ3) is 5.01. The molecule has 2 N–H and O–H groups in total. The second-order valence-electron chi connectivity index (χ2n) is 10.6. The Labute approximate surface area is 257 Å². The molecule has 7 aromatic rings. The second-order valence-corrected chi connectivity index (χ2v) is 10.6. The van der Waals surface area contributed by atoms with Crippen LogP contribution in [0.3, 0.4) is 0 Å². The molecule has 1 heterocycles. The number of phenolic OH excluding ortho intramolecular Hbond substituents is 2. The van der Waals surface area contributed by atoms with E-state index in [9.17, 15) is 10.2 Å². The first-order valence-corrected chi connectivity index (χ1v) is 14.6. The molecule has 0 unspecified atom stereocenters. The molecule has 44 heavy (non-hydrogen) atoms. The number of phenols is 2. The molecule has 6 aromatic carbocycles. The van der Waals surface area contributed by atoms with Gasteiger partial charge in [0.05, 0.1) is 11.4 Å². The Hall–Kier alpha value is -5.93. The van der Waals surface area contributed by atoms with Crippen LogP contribution in [0.15, 0.2) is 164 Å². The summed E-state index contributed by atoms with van der Waals surface area (Å²) < 4.78 is 0. The summed E-state index contributed by atoms with van der Waals surface area (Å²) in [6, 6.07) is 53.6. The van der Waals surface area contributed by atoms with E-state index in [4.69, 9.17) is 4.98 Å². The van der Waals surface area contributed by atoms with Crippen molar-refractivity contribution in [2.45, 2.75) is 0 Å². The number of rotatable bonds is 6. The molecular weight excluding hydrogens is 538 g/mol. The van der Waals surface area contributed by atoms with Gasteiger partial charge in [0.2, 0.25) is 0 Å². The van der Waals surface area contributed by atoms with Crippen LogP contribution in [0.4, 0.5) is 0 Å². The van der Waals surface area contributed by atoms with Gasteiger partial charge in [0, 0.05) is 33.4 Å². The molecule has 0 saturated heterocycles. The van der Waals surface area contributed by atoms with Crippen LogP contribution in [0, 0.1) is 0 Å². The van der Waals surface area contributed by atoms with Crippen LogP contribution in [-0.2, 0) is 0 Å². The standard InChI is InChI=1S/C41H29NO2/c43-40-30(28-14-3-1-4-15-28)22-11-24-36(40)32-18-7-9-20-34(32)38-26-13-27-39(42-38)35-21-10-8-19-33(35)37-25-12-23-31(41(37)44)29-16-5-2-6-17-29/h1-27,43-44H. The van der Waals surface area contributed by atoms with Gasteiger partial charge >= 0.3 is 0 Å². The molecule has 0 amide bonds. The Morgan fingerprint density at radius 2 is 0.591 bits per heavy atom. The van der Waals surface area contributed by atoms with Crippen LogP contribution in [-0.4, -0.2) is 15.2 Å². The van der Waals surface area contributed by atoms with E-state index in [1.807, 2.05) is 164 Å². The normalized spacial score (nSPS) is 10.9. The fourth-order valence-electron chi connectivity index (χ4n) is 5.84. The van der Waals surface area contributed by atoms with Gasteiger partial charge in [-0.25, -0.2) is 4.98 Å². The summed E-state index contributed by atoms with van der Waals surface area (Å²) in [5.41, 5.74) is 10.2. The van der Waals surface area contributed by atoms with Gasteiger partial charge in [-0.1, -0.05) is 152 Å². The average Bonchev–Trinajstić information content (AvgIpc) is 3.09. The Morgan fingerprint density at radius 3 is 1.02 bits per heavy atom. The van der Waals surface area contributed by atoms with Crippen LogP contribution in [0.25, 0.3) is 67.0 Å². The van der Waals surface area contributed by atoms with E-state index in [2.05, 4.69) is 0 Å². The minimum Gasteiger partial charge on any atom is -0.507 e. The van der Waals surface area contributed by atoms with E-state index in [0.717, 1.165) is 67.0 Å². The SMILES string of the molecule is Oc1c(-c2ccccc2)cccc1-c1ccccc1-c1cccc(-c2ccccc2-c2cccc(-c3ccccc3)c2O)n1. The molecule has 0 bridgehead atoms. The summed E-state index contributed by atoms with van der Waals surface area (Å²) >= 11 is 0. The van der Waals surface area contributed by atoms with E-state index in [1.165, 1.54) is 0 Å². The number of hydrogen-bond donors (Lipinski definition) is 2. The Morgan fingerprint density at radius 1 is 0.273 bits per heavy atom. The van der Waals surface area contributed by atoms with Gasteiger partial charge in [-0.05, 0) is 34.4 Å². The maximum atomic E-state index is 11.4. The van der Waals surface area contributed by atoms with Crippen LogP contribution < -0.4 is 0 Å². The van der Waals surface area contributed by atoms with E-state index < -0.39 is 0 Å². The van der Waals surface area contributed by atoms with Crippen LogP contribution >= 0.6 is 0 Å². The number of hydrogen-bond acceptors (Lipinski definition) is 3. The second kappa shape index (κ2) is 11.7. The fraction of sp³-hybridized carbons (Fsp3) is 0. The first-order valence-electron chi connectivity index (χ1n) is 14.6. The van der Waals surface area contributed by atoms with Crippen molar-refractivity contribution < 1.29 is 10.2 Å². The zero-order chi connectivity index (χ0) is 29.9. The fourth-order valence-corrected chi connectivity index (χ4v) is 5.84. The van der Waals surface area contributed by atoms with Crippen molar-refractivity contribution >= 4 is 0 Å². The molecule has 0 atom stereocenters. The van der Waals surface area contributed by atoms with E-state index in [-0.39, 0.29) is 11.5 Å². The lowest BCUT2D eigenvalue weighted by atomic mass is 9.92. The lowest BCUT2D eigenvalue weighted by Crippen LogP contribution is -1.93. The molecule has 3 heteroatoms. The highest BCUT2D eigenvalue weighted by Gasteiger charge is 2.18. The first-order chi connectivity index (χ1) is 21.7. The van der Waals surface area contributed by atoms with Crippen molar-refractivity contribution in [3.63, 3.8) is 0 Å². The van der Waals surface area contributed by atoms with Crippen LogP contribution in [0.2, 0.25) is 0 Å². The number of para-hydroxylation sites is 2. The number of benzene rings is 6. The van der Waals surface area contributed by atoms with Crippen LogP contribution in [0.5, 0.6) is 11.5 Å². The highest BCUT2D eigenvalue weighted by molar-refractivity contribution is 5.91. The van der Waals surface area contributed by atoms with E-state index in [1.54, 1.807) is 0 Å². The van der Waals surface area contributed by atoms with Crippen molar-refractivity contribution in [1.29, 1.82) is 0 Å². The summed E-state index contributed by atoms with van der Waals surface area (Å²) in [5, 5.41) is 22.9. The first kappa shape index (κ1) is 26.9. The smallest absolute Gasteiger partial charge is 0.131 e. The maximum absolute atomic E-state index is 11.4. The molecule has 0 saturated carbocycles. The van der Waals surface area contributed by atoms with Gasteiger partial charge in [-0.2, -0.15) is 0 Å². The largest absolute Gasteiger partial charge is 0.507 e. The molecule has 7 rings (SSSR count). The predicted molar refractivity (Wildman–Crippen MR) is 180 cm³/mol. The summed E-state index contributed by atoms with van der Waals surface area (Å²) in [6.45, 7) is 0. The predicted octanol–water partition coefficient (Wildman–Crippen LogP) is 10.5. The van der Waals surface area contributed by atoms with Gasteiger partial charge < -0.3 is 10.2 Å². The zero-order valence-electron chi connectivity index (χ0n) is 23.9. The lowest BCUT2D eigenvalue weighted by Gasteiger charge is -2.16. The lowest BCUT2D eigenvalue weighted by molar-refractivity contribution is 0.479. The molecule has 0 aliphatic rings. The molecule has 210 valence electrons. The third-order valence-corrected chi connectivity index (χ3v) is 7.98. The van der Waals surface area contributed by atoms with Gasteiger partial charge in [0.15, 0.2) is 0 Å². The minimum absolute atomic E-state index is 0.237. The summed E-state index contributed by atoms with van der Waals surface area (Å²) in [7, 11) is 0. The third-order valence-electron chi connectivity index (χ3n) is 7.98. The number of aromatic nitrogens is 1. The molecule has 0 spiro atoms. The van der Waals surface area contributed by atoms with Gasteiger partial charge in [0.25, 0.3) is 0 Å². The van der Waals surface area contributed by atoms with Gasteiger partial charge in [-0.3, -0.25) is 0 Å². The van der Waals surface area contributed by atoms with Crippen molar-refractivity contribution in [3.8, 4) is 78.5 Å². The molecule has 1 aromatic heterocycles.